The summed E-state index contributed by atoms with van der Waals surface area (Å²) in [7, 11) is 2.80. The molecular formula is C25H18O8. The summed E-state index contributed by atoms with van der Waals surface area (Å²) >= 11 is 0. The van der Waals surface area contributed by atoms with Gasteiger partial charge in [-0.15, -0.1) is 0 Å². The average Bonchev–Trinajstić information content (AvgIpc) is 2.85. The second-order valence-electron chi connectivity index (χ2n) is 6.83. The molecule has 0 amide bonds. The van der Waals surface area contributed by atoms with Gasteiger partial charge in [0.2, 0.25) is 11.2 Å². The van der Waals surface area contributed by atoms with E-state index >= 15 is 0 Å². The van der Waals surface area contributed by atoms with E-state index in [1.54, 1.807) is 24.3 Å². The normalized spacial score (nSPS) is 10.5. The molecule has 0 aliphatic carbocycles. The number of hydrogen-bond donors (Lipinski definition) is 0. The maximum absolute atomic E-state index is 12.8. The van der Waals surface area contributed by atoms with Crippen molar-refractivity contribution in [1.82, 2.24) is 0 Å². The lowest BCUT2D eigenvalue weighted by atomic mass is 10.2. The highest BCUT2D eigenvalue weighted by molar-refractivity contribution is 5.92. The Labute approximate surface area is 187 Å². The van der Waals surface area contributed by atoms with Gasteiger partial charge in [0.05, 0.1) is 30.7 Å². The highest BCUT2D eigenvalue weighted by Gasteiger charge is 2.14. The largest absolute Gasteiger partial charge is 0.497 e. The van der Waals surface area contributed by atoms with Crippen LogP contribution in [-0.4, -0.2) is 26.2 Å². The second kappa shape index (κ2) is 9.27. The van der Waals surface area contributed by atoms with Crippen molar-refractivity contribution in [3.8, 4) is 23.0 Å². The molecule has 0 saturated heterocycles. The Kier molecular flexibility index (Phi) is 6.08. The zero-order chi connectivity index (χ0) is 23.4. The van der Waals surface area contributed by atoms with Gasteiger partial charge in [-0.05, 0) is 54.6 Å². The lowest BCUT2D eigenvalue weighted by molar-refractivity contribution is 0.0600. The van der Waals surface area contributed by atoms with E-state index in [1.165, 1.54) is 62.9 Å². The van der Waals surface area contributed by atoms with Gasteiger partial charge in [0.25, 0.3) is 0 Å². The quantitative estimate of drug-likeness (QED) is 0.313. The Bertz CT molecular complexity index is 1390. The minimum Gasteiger partial charge on any atom is -0.497 e. The summed E-state index contributed by atoms with van der Waals surface area (Å²) in [4.78, 5) is 36.7. The van der Waals surface area contributed by atoms with Crippen LogP contribution in [0.15, 0.2) is 82.2 Å². The minimum absolute atomic E-state index is 0.0329. The SMILES string of the molecule is COC(=O)c1ccc(Oc2coc3cc(OC(=O)c4cccc(OC)c4)ccc3c2=O)cc1. The Morgan fingerprint density at radius 1 is 0.788 bits per heavy atom. The van der Waals surface area contributed by atoms with Gasteiger partial charge in [0, 0.05) is 6.07 Å². The van der Waals surface area contributed by atoms with Gasteiger partial charge in [-0.2, -0.15) is 0 Å². The van der Waals surface area contributed by atoms with Crippen molar-refractivity contribution in [2.45, 2.75) is 0 Å². The zero-order valence-electron chi connectivity index (χ0n) is 17.7. The minimum atomic E-state index is -0.578. The third-order valence-corrected chi connectivity index (χ3v) is 4.73. The van der Waals surface area contributed by atoms with Crippen molar-refractivity contribution in [1.29, 1.82) is 0 Å². The molecule has 0 unspecified atom stereocenters. The number of carbonyl (C=O) groups is 2. The van der Waals surface area contributed by atoms with E-state index in [1.807, 2.05) is 0 Å². The van der Waals surface area contributed by atoms with Gasteiger partial charge in [0.15, 0.2) is 0 Å². The van der Waals surface area contributed by atoms with Crippen LogP contribution in [0.2, 0.25) is 0 Å². The second-order valence-corrected chi connectivity index (χ2v) is 6.83. The fourth-order valence-electron chi connectivity index (χ4n) is 3.04. The van der Waals surface area contributed by atoms with Crippen LogP contribution in [0, 0.1) is 0 Å². The molecule has 3 aromatic carbocycles. The number of fused-ring (bicyclic) bond motifs is 1. The highest BCUT2D eigenvalue weighted by Crippen LogP contribution is 2.25. The maximum atomic E-state index is 12.8. The van der Waals surface area contributed by atoms with E-state index in [2.05, 4.69) is 4.74 Å². The predicted octanol–water partition coefficient (Wildman–Crippen LogP) is 4.60. The highest BCUT2D eigenvalue weighted by atomic mass is 16.5. The molecule has 4 rings (SSSR count). The van der Waals surface area contributed by atoms with Crippen LogP contribution in [0.25, 0.3) is 11.0 Å². The van der Waals surface area contributed by atoms with Crippen molar-refractivity contribution < 1.29 is 33.0 Å². The molecule has 0 saturated carbocycles. The van der Waals surface area contributed by atoms with E-state index < -0.39 is 17.4 Å². The van der Waals surface area contributed by atoms with E-state index in [0.717, 1.165) is 0 Å². The van der Waals surface area contributed by atoms with Crippen LogP contribution >= 0.6 is 0 Å². The molecule has 0 N–H and O–H groups in total. The van der Waals surface area contributed by atoms with Crippen molar-refractivity contribution in [3.63, 3.8) is 0 Å². The number of hydrogen-bond acceptors (Lipinski definition) is 8. The van der Waals surface area contributed by atoms with Crippen LogP contribution in [0.4, 0.5) is 0 Å². The van der Waals surface area contributed by atoms with Crippen molar-refractivity contribution in [2.75, 3.05) is 14.2 Å². The molecule has 0 radical (unpaired) electrons. The summed E-state index contributed by atoms with van der Waals surface area (Å²) in [5.41, 5.74) is 0.493. The van der Waals surface area contributed by atoms with Crippen LogP contribution in [-0.2, 0) is 4.74 Å². The third-order valence-electron chi connectivity index (χ3n) is 4.73. The molecule has 33 heavy (non-hydrogen) atoms. The third kappa shape index (κ3) is 4.69. The van der Waals surface area contributed by atoms with Crippen LogP contribution in [0.5, 0.6) is 23.0 Å². The number of carbonyl (C=O) groups excluding carboxylic acids is 2. The van der Waals surface area contributed by atoms with Crippen LogP contribution < -0.4 is 19.6 Å². The Morgan fingerprint density at radius 3 is 2.27 bits per heavy atom. The first-order valence-corrected chi connectivity index (χ1v) is 9.76. The van der Waals surface area contributed by atoms with Crippen molar-refractivity contribution >= 4 is 22.9 Å². The molecule has 0 fully saturated rings. The first kappa shape index (κ1) is 21.6. The molecule has 1 heterocycles. The number of benzene rings is 3. The molecule has 0 atom stereocenters. The summed E-state index contributed by atoms with van der Waals surface area (Å²) < 4.78 is 26.3. The molecule has 0 spiro atoms. The average molecular weight is 446 g/mol. The maximum Gasteiger partial charge on any atom is 0.343 e. The van der Waals surface area contributed by atoms with E-state index in [4.69, 9.17) is 18.6 Å². The number of ether oxygens (including phenoxy) is 4. The van der Waals surface area contributed by atoms with E-state index in [9.17, 15) is 14.4 Å². The monoisotopic (exact) mass is 446 g/mol. The Balaban J connectivity index is 1.54. The fourth-order valence-corrected chi connectivity index (χ4v) is 3.04. The summed E-state index contributed by atoms with van der Waals surface area (Å²) in [6.45, 7) is 0. The van der Waals surface area contributed by atoms with Gasteiger partial charge >= 0.3 is 11.9 Å². The molecular weight excluding hydrogens is 428 g/mol. The first-order valence-electron chi connectivity index (χ1n) is 9.76. The molecule has 8 heteroatoms. The van der Waals surface area contributed by atoms with Gasteiger partial charge in [-0.3, -0.25) is 4.79 Å². The predicted molar refractivity (Wildman–Crippen MR) is 118 cm³/mol. The molecule has 0 bridgehead atoms. The standard InChI is InChI=1S/C25H18O8/c1-29-18-5-3-4-16(12-18)25(28)33-19-10-11-20-21(13-19)31-14-22(23(20)26)32-17-8-6-15(7-9-17)24(27)30-2/h3-14H,1-2H3. The molecule has 1 aromatic heterocycles. The van der Waals surface area contributed by atoms with Gasteiger partial charge in [0.1, 0.15) is 29.1 Å². The van der Waals surface area contributed by atoms with Gasteiger partial charge in [-0.25, -0.2) is 9.59 Å². The van der Waals surface area contributed by atoms with Crippen molar-refractivity contribution in [2.24, 2.45) is 0 Å². The summed E-state index contributed by atoms with van der Waals surface area (Å²) in [6.07, 6.45) is 1.17. The van der Waals surface area contributed by atoms with E-state index in [-0.39, 0.29) is 22.5 Å². The summed E-state index contributed by atoms with van der Waals surface area (Å²) in [6, 6.07) is 17.1. The number of methoxy groups -OCH3 is 2. The van der Waals surface area contributed by atoms with Gasteiger partial charge in [-0.1, -0.05) is 6.07 Å². The zero-order valence-corrected chi connectivity index (χ0v) is 17.7. The Morgan fingerprint density at radius 2 is 1.55 bits per heavy atom. The number of esters is 2. The fraction of sp³-hybridized carbons (Fsp3) is 0.0800. The lowest BCUT2D eigenvalue weighted by Gasteiger charge is -2.08. The van der Waals surface area contributed by atoms with Crippen LogP contribution in [0.3, 0.4) is 0 Å². The molecule has 8 nitrogen and oxygen atoms in total. The van der Waals surface area contributed by atoms with Gasteiger partial charge < -0.3 is 23.4 Å². The smallest absolute Gasteiger partial charge is 0.343 e. The van der Waals surface area contributed by atoms with E-state index in [0.29, 0.717) is 22.6 Å². The molecule has 0 aliphatic heterocycles. The first-order chi connectivity index (χ1) is 16.0. The van der Waals surface area contributed by atoms with Crippen LogP contribution in [0.1, 0.15) is 20.7 Å². The summed E-state index contributed by atoms with van der Waals surface area (Å²) in [5, 5.41) is 0.250. The Hall–Kier alpha value is -4.59. The number of rotatable bonds is 6. The lowest BCUT2D eigenvalue weighted by Crippen LogP contribution is -2.09. The van der Waals surface area contributed by atoms with Crippen molar-refractivity contribution in [3.05, 3.63) is 94.3 Å². The molecule has 0 aliphatic rings. The topological polar surface area (TPSA) is 101 Å². The summed E-state index contributed by atoms with van der Waals surface area (Å²) in [5.74, 6) is 0.000161. The molecule has 4 aromatic rings. The molecule has 166 valence electrons.